The van der Waals surface area contributed by atoms with Crippen molar-refractivity contribution in [2.75, 3.05) is 13.1 Å². The number of amides is 2. The van der Waals surface area contributed by atoms with E-state index in [0.29, 0.717) is 38.3 Å². The van der Waals surface area contributed by atoms with Gasteiger partial charge >= 0.3 is 6.03 Å². The molecule has 9 heteroatoms. The lowest BCUT2D eigenvalue weighted by Gasteiger charge is -2.33. The summed E-state index contributed by atoms with van der Waals surface area (Å²) in [6.45, 7) is 7.75. The SMILES string of the molecule is C=C(NC(=O)N1Cc2cnc(CN3CC(F)C3)cc2C1)/C(N)=C\C=C(/C)c1ccc(F)cc1F. The van der Waals surface area contributed by atoms with Gasteiger partial charge < -0.3 is 16.0 Å². The molecule has 1 aromatic carbocycles. The Morgan fingerprint density at radius 3 is 2.68 bits per heavy atom. The largest absolute Gasteiger partial charge is 0.397 e. The molecule has 3 N–H and O–H groups in total. The van der Waals surface area contributed by atoms with Crippen LogP contribution in [0.1, 0.15) is 29.3 Å². The zero-order valence-corrected chi connectivity index (χ0v) is 18.8. The van der Waals surface area contributed by atoms with Gasteiger partial charge in [0.25, 0.3) is 0 Å². The van der Waals surface area contributed by atoms with Gasteiger partial charge in [0.05, 0.1) is 17.1 Å². The van der Waals surface area contributed by atoms with Crippen molar-refractivity contribution in [2.24, 2.45) is 5.73 Å². The van der Waals surface area contributed by atoms with Gasteiger partial charge in [-0.05, 0) is 47.9 Å². The van der Waals surface area contributed by atoms with Crippen LogP contribution in [0.5, 0.6) is 0 Å². The average molecular weight is 470 g/mol. The van der Waals surface area contributed by atoms with E-state index < -0.39 is 17.8 Å². The number of nitrogens with zero attached hydrogens (tertiary/aromatic N) is 3. The summed E-state index contributed by atoms with van der Waals surface area (Å²) >= 11 is 0. The zero-order valence-electron chi connectivity index (χ0n) is 18.8. The van der Waals surface area contributed by atoms with Gasteiger partial charge in [0.1, 0.15) is 17.8 Å². The van der Waals surface area contributed by atoms with Crippen molar-refractivity contribution in [2.45, 2.75) is 32.7 Å². The van der Waals surface area contributed by atoms with Gasteiger partial charge in [0.15, 0.2) is 0 Å². The average Bonchev–Trinajstić information content (AvgIpc) is 3.19. The van der Waals surface area contributed by atoms with Crippen LogP contribution in [0.15, 0.2) is 60.6 Å². The minimum atomic E-state index is -0.758. The maximum absolute atomic E-state index is 13.9. The summed E-state index contributed by atoms with van der Waals surface area (Å²) < 4.78 is 40.1. The number of carbonyl (C=O) groups excluding carboxylic acids is 1. The lowest BCUT2D eigenvalue weighted by Crippen LogP contribution is -2.47. The molecule has 4 rings (SSSR count). The number of nitrogens with one attached hydrogen (secondary N) is 1. The third-order valence-corrected chi connectivity index (χ3v) is 5.92. The Labute approximate surface area is 196 Å². The second-order valence-corrected chi connectivity index (χ2v) is 8.60. The lowest BCUT2D eigenvalue weighted by molar-refractivity contribution is 0.0580. The highest BCUT2D eigenvalue weighted by Crippen LogP contribution is 2.24. The Morgan fingerprint density at radius 2 is 1.97 bits per heavy atom. The molecule has 2 aliphatic rings. The van der Waals surface area contributed by atoms with Crippen LogP contribution in [0, 0.1) is 11.6 Å². The molecule has 1 fully saturated rings. The van der Waals surface area contributed by atoms with Gasteiger partial charge in [0, 0.05) is 50.6 Å². The molecule has 2 aromatic rings. The molecule has 0 radical (unpaired) electrons. The number of fused-ring (bicyclic) bond motifs is 1. The molecule has 1 saturated heterocycles. The highest BCUT2D eigenvalue weighted by atomic mass is 19.1. The fourth-order valence-electron chi connectivity index (χ4n) is 3.92. The molecule has 3 heterocycles. The van der Waals surface area contributed by atoms with E-state index in [4.69, 9.17) is 5.73 Å². The molecule has 0 spiro atoms. The van der Waals surface area contributed by atoms with Gasteiger partial charge in [-0.1, -0.05) is 12.7 Å². The van der Waals surface area contributed by atoms with Gasteiger partial charge in [-0.2, -0.15) is 0 Å². The number of rotatable bonds is 6. The molecule has 34 heavy (non-hydrogen) atoms. The molecule has 0 atom stereocenters. The first-order valence-electron chi connectivity index (χ1n) is 10.9. The zero-order chi connectivity index (χ0) is 24.4. The number of carbonyl (C=O) groups is 1. The summed E-state index contributed by atoms with van der Waals surface area (Å²) in [6, 6.07) is 4.95. The molecule has 0 unspecified atom stereocenters. The van der Waals surface area contributed by atoms with Gasteiger partial charge in [0.2, 0.25) is 0 Å². The molecule has 2 amide bonds. The van der Waals surface area contributed by atoms with Gasteiger partial charge in [-0.25, -0.2) is 18.0 Å². The maximum Gasteiger partial charge on any atom is 0.322 e. The van der Waals surface area contributed by atoms with Crippen LogP contribution < -0.4 is 11.1 Å². The van der Waals surface area contributed by atoms with Crippen LogP contribution in [0.4, 0.5) is 18.0 Å². The number of allylic oxidation sites excluding steroid dienone is 3. The van der Waals surface area contributed by atoms with E-state index in [9.17, 15) is 18.0 Å². The maximum atomic E-state index is 13.9. The van der Waals surface area contributed by atoms with Crippen molar-refractivity contribution in [3.05, 3.63) is 94.6 Å². The molecular weight excluding hydrogens is 443 g/mol. The number of benzene rings is 1. The van der Waals surface area contributed by atoms with Crippen LogP contribution in [-0.2, 0) is 19.6 Å². The predicted molar refractivity (Wildman–Crippen MR) is 124 cm³/mol. The Balaban J connectivity index is 1.34. The van der Waals surface area contributed by atoms with Crippen molar-refractivity contribution >= 4 is 11.6 Å². The Kier molecular flexibility index (Phi) is 6.74. The van der Waals surface area contributed by atoms with E-state index >= 15 is 0 Å². The third-order valence-electron chi connectivity index (χ3n) is 5.92. The van der Waals surface area contributed by atoms with E-state index in [1.165, 1.54) is 18.2 Å². The van der Waals surface area contributed by atoms with Crippen LogP contribution in [-0.4, -0.2) is 40.1 Å². The number of hydrogen-bond acceptors (Lipinski definition) is 4. The molecule has 1 aromatic heterocycles. The number of likely N-dealkylation sites (tertiary alicyclic amines) is 1. The number of alkyl halides is 1. The monoisotopic (exact) mass is 469 g/mol. The minimum absolute atomic E-state index is 0.205. The topological polar surface area (TPSA) is 74.5 Å². The first-order chi connectivity index (χ1) is 16.2. The van der Waals surface area contributed by atoms with E-state index in [0.717, 1.165) is 22.9 Å². The van der Waals surface area contributed by atoms with Gasteiger partial charge in [-0.15, -0.1) is 0 Å². The molecule has 2 aliphatic heterocycles. The quantitative estimate of drug-likeness (QED) is 0.628. The van der Waals surface area contributed by atoms with Crippen LogP contribution in [0.3, 0.4) is 0 Å². The first-order valence-corrected chi connectivity index (χ1v) is 10.9. The summed E-state index contributed by atoms with van der Waals surface area (Å²) in [5, 5.41) is 2.68. The Bertz CT molecular complexity index is 1190. The van der Waals surface area contributed by atoms with E-state index in [1.807, 2.05) is 11.0 Å². The number of pyridine rings is 1. The normalized spacial score (nSPS) is 16.9. The van der Waals surface area contributed by atoms with Crippen molar-refractivity contribution in [1.82, 2.24) is 20.1 Å². The molecule has 178 valence electrons. The summed E-state index contributed by atoms with van der Waals surface area (Å²) in [5.74, 6) is -1.32. The molecule has 6 nitrogen and oxygen atoms in total. The number of urea groups is 1. The molecule has 0 saturated carbocycles. The predicted octanol–water partition coefficient (Wildman–Crippen LogP) is 4.00. The minimum Gasteiger partial charge on any atom is -0.397 e. The second-order valence-electron chi connectivity index (χ2n) is 8.60. The van der Waals surface area contributed by atoms with Gasteiger partial charge in [-0.3, -0.25) is 9.88 Å². The van der Waals surface area contributed by atoms with Crippen LogP contribution in [0.25, 0.3) is 5.57 Å². The lowest BCUT2D eigenvalue weighted by atomic mass is 10.1. The second kappa shape index (κ2) is 9.72. The fourth-order valence-corrected chi connectivity index (χ4v) is 3.92. The first kappa shape index (κ1) is 23.6. The highest BCUT2D eigenvalue weighted by molar-refractivity contribution is 5.77. The van der Waals surface area contributed by atoms with E-state index in [1.54, 1.807) is 24.1 Å². The number of nitrogens with two attached hydrogens (primary N) is 1. The Morgan fingerprint density at radius 1 is 1.24 bits per heavy atom. The van der Waals surface area contributed by atoms with E-state index in [2.05, 4.69) is 16.9 Å². The van der Waals surface area contributed by atoms with Crippen LogP contribution in [0.2, 0.25) is 0 Å². The summed E-state index contributed by atoms with van der Waals surface area (Å²) in [4.78, 5) is 20.8. The molecular formula is C25H26F3N5O. The van der Waals surface area contributed by atoms with Crippen molar-refractivity contribution in [3.8, 4) is 0 Å². The Hall–Kier alpha value is -3.59. The molecule has 0 aliphatic carbocycles. The van der Waals surface area contributed by atoms with Crippen LogP contribution >= 0.6 is 0 Å². The highest BCUT2D eigenvalue weighted by Gasteiger charge is 2.28. The summed E-state index contributed by atoms with van der Waals surface area (Å²) in [5.41, 5.74) is 10.0. The van der Waals surface area contributed by atoms with Crippen molar-refractivity contribution < 1.29 is 18.0 Å². The standard InChI is InChI=1S/C25H26F3N5O/c1-15(22-5-4-19(26)8-23(22)28)3-6-24(29)16(2)31-25(34)33-10-17-7-21(30-9-18(17)11-33)14-32-12-20(27)13-32/h3-9,20H,2,10-14,29H2,1H3,(H,31,34)/b15-3+,24-6+. The number of halogens is 3. The number of aromatic nitrogens is 1. The fraction of sp³-hybridized carbons (Fsp3) is 0.280. The summed E-state index contributed by atoms with van der Waals surface area (Å²) in [6.07, 6.45) is 4.08. The van der Waals surface area contributed by atoms with Crippen molar-refractivity contribution in [3.63, 3.8) is 0 Å². The van der Waals surface area contributed by atoms with Crippen molar-refractivity contribution in [1.29, 1.82) is 0 Å². The summed E-state index contributed by atoms with van der Waals surface area (Å²) in [7, 11) is 0. The molecule has 0 bridgehead atoms. The number of hydrogen-bond donors (Lipinski definition) is 2. The van der Waals surface area contributed by atoms with E-state index in [-0.39, 0.29) is 23.0 Å². The third kappa shape index (κ3) is 5.31. The smallest absolute Gasteiger partial charge is 0.322 e.